The number of ether oxygens (including phenoxy) is 2. The van der Waals surface area contributed by atoms with E-state index >= 15 is 0 Å². The predicted octanol–water partition coefficient (Wildman–Crippen LogP) is 4.70. The van der Waals surface area contributed by atoms with Gasteiger partial charge in [-0.05, 0) is 54.8 Å². The van der Waals surface area contributed by atoms with E-state index in [-0.39, 0.29) is 5.91 Å². The first-order valence-electron chi connectivity index (χ1n) is 8.46. The van der Waals surface area contributed by atoms with Crippen LogP contribution in [0.15, 0.2) is 48.5 Å². The quantitative estimate of drug-likeness (QED) is 0.709. The molecule has 4 heteroatoms. The Morgan fingerprint density at radius 2 is 1.84 bits per heavy atom. The standard InChI is InChI=1S/C21H25NO3/c1-4-5-6-16-7-10-18(11-8-16)22-21(23)14-9-17-15-19(24-2)12-13-20(17)25-3/h7-15H,4-6H2,1-3H3,(H,22,23)/b14-9+. The molecule has 0 unspecified atom stereocenters. The van der Waals surface area contributed by atoms with Gasteiger partial charge >= 0.3 is 0 Å². The van der Waals surface area contributed by atoms with Crippen molar-refractivity contribution in [1.29, 1.82) is 0 Å². The number of methoxy groups -OCH3 is 2. The molecule has 2 aromatic rings. The number of carbonyl (C=O) groups excluding carboxylic acids is 1. The van der Waals surface area contributed by atoms with E-state index in [4.69, 9.17) is 9.47 Å². The van der Waals surface area contributed by atoms with Crippen LogP contribution in [0.3, 0.4) is 0 Å². The first-order valence-corrected chi connectivity index (χ1v) is 8.46. The highest BCUT2D eigenvalue weighted by Gasteiger charge is 2.03. The maximum atomic E-state index is 12.1. The van der Waals surface area contributed by atoms with Crippen LogP contribution < -0.4 is 14.8 Å². The van der Waals surface area contributed by atoms with Gasteiger partial charge in [-0.15, -0.1) is 0 Å². The molecule has 0 bridgehead atoms. The summed E-state index contributed by atoms with van der Waals surface area (Å²) in [6.07, 6.45) is 6.63. The fourth-order valence-corrected chi connectivity index (χ4v) is 2.45. The molecule has 132 valence electrons. The molecule has 0 aliphatic heterocycles. The maximum absolute atomic E-state index is 12.1. The van der Waals surface area contributed by atoms with Gasteiger partial charge in [0, 0.05) is 17.3 Å². The molecular weight excluding hydrogens is 314 g/mol. The molecule has 0 saturated heterocycles. The number of benzene rings is 2. The van der Waals surface area contributed by atoms with Crippen molar-refractivity contribution < 1.29 is 14.3 Å². The summed E-state index contributed by atoms with van der Waals surface area (Å²) in [6, 6.07) is 13.4. The number of amides is 1. The lowest BCUT2D eigenvalue weighted by atomic mass is 10.1. The minimum Gasteiger partial charge on any atom is -0.497 e. The second-order valence-corrected chi connectivity index (χ2v) is 5.73. The van der Waals surface area contributed by atoms with Crippen LogP contribution in [0.5, 0.6) is 11.5 Å². The van der Waals surface area contributed by atoms with E-state index in [1.54, 1.807) is 20.3 Å². The maximum Gasteiger partial charge on any atom is 0.248 e. The summed E-state index contributed by atoms with van der Waals surface area (Å²) in [7, 11) is 3.20. The van der Waals surface area contributed by atoms with Crippen LogP contribution in [0.2, 0.25) is 0 Å². The Hall–Kier alpha value is -2.75. The molecule has 0 aliphatic rings. The van der Waals surface area contributed by atoms with Crippen molar-refractivity contribution in [2.75, 3.05) is 19.5 Å². The van der Waals surface area contributed by atoms with Crippen molar-refractivity contribution in [3.63, 3.8) is 0 Å². The molecule has 0 aliphatic carbocycles. The molecule has 0 spiro atoms. The third-order valence-electron chi connectivity index (χ3n) is 3.89. The molecule has 0 atom stereocenters. The summed E-state index contributed by atoms with van der Waals surface area (Å²) in [5.74, 6) is 1.21. The molecule has 1 amide bonds. The van der Waals surface area contributed by atoms with Crippen LogP contribution in [0.4, 0.5) is 5.69 Å². The lowest BCUT2D eigenvalue weighted by Gasteiger charge is -2.07. The Kier molecular flexibility index (Phi) is 7.08. The van der Waals surface area contributed by atoms with Gasteiger partial charge in [-0.2, -0.15) is 0 Å². The average Bonchev–Trinajstić information content (AvgIpc) is 2.65. The molecule has 0 radical (unpaired) electrons. The average molecular weight is 339 g/mol. The van der Waals surface area contributed by atoms with Crippen LogP contribution in [-0.4, -0.2) is 20.1 Å². The van der Waals surface area contributed by atoms with E-state index in [1.807, 2.05) is 30.3 Å². The lowest BCUT2D eigenvalue weighted by molar-refractivity contribution is -0.111. The number of anilines is 1. The van der Waals surface area contributed by atoms with Crippen molar-refractivity contribution in [2.45, 2.75) is 26.2 Å². The van der Waals surface area contributed by atoms with Crippen molar-refractivity contribution in [3.05, 3.63) is 59.7 Å². The highest BCUT2D eigenvalue weighted by atomic mass is 16.5. The number of nitrogens with one attached hydrogen (secondary N) is 1. The van der Waals surface area contributed by atoms with E-state index < -0.39 is 0 Å². The lowest BCUT2D eigenvalue weighted by Crippen LogP contribution is -2.07. The van der Waals surface area contributed by atoms with Crippen LogP contribution in [0, 0.1) is 0 Å². The molecule has 0 aromatic heterocycles. The van der Waals surface area contributed by atoms with Gasteiger partial charge in [-0.1, -0.05) is 25.5 Å². The summed E-state index contributed by atoms with van der Waals surface area (Å²) < 4.78 is 10.5. The topological polar surface area (TPSA) is 47.6 Å². The van der Waals surface area contributed by atoms with Crippen LogP contribution >= 0.6 is 0 Å². The van der Waals surface area contributed by atoms with E-state index in [0.29, 0.717) is 11.5 Å². The van der Waals surface area contributed by atoms with Crippen molar-refractivity contribution in [1.82, 2.24) is 0 Å². The number of aryl methyl sites for hydroxylation is 1. The van der Waals surface area contributed by atoms with Crippen LogP contribution in [-0.2, 0) is 11.2 Å². The molecule has 2 rings (SSSR count). The van der Waals surface area contributed by atoms with E-state index in [9.17, 15) is 4.79 Å². The molecule has 0 heterocycles. The Morgan fingerprint density at radius 3 is 2.48 bits per heavy atom. The highest BCUT2D eigenvalue weighted by Crippen LogP contribution is 2.25. The summed E-state index contributed by atoms with van der Waals surface area (Å²) in [5, 5.41) is 2.86. The normalized spacial score (nSPS) is 10.7. The zero-order chi connectivity index (χ0) is 18.1. The fraction of sp³-hybridized carbons (Fsp3) is 0.286. The molecule has 4 nitrogen and oxygen atoms in total. The van der Waals surface area contributed by atoms with Gasteiger partial charge in [0.1, 0.15) is 11.5 Å². The van der Waals surface area contributed by atoms with Gasteiger partial charge in [0.25, 0.3) is 0 Å². The zero-order valence-corrected chi connectivity index (χ0v) is 15.0. The third-order valence-corrected chi connectivity index (χ3v) is 3.89. The molecule has 1 N–H and O–H groups in total. The summed E-state index contributed by atoms with van der Waals surface area (Å²) in [6.45, 7) is 2.18. The summed E-state index contributed by atoms with van der Waals surface area (Å²) in [5.41, 5.74) is 2.86. The van der Waals surface area contributed by atoms with Crippen LogP contribution in [0.1, 0.15) is 30.9 Å². The Balaban J connectivity index is 2.01. The fourth-order valence-electron chi connectivity index (χ4n) is 2.45. The minimum absolute atomic E-state index is 0.189. The second kappa shape index (κ2) is 9.52. The van der Waals surface area contributed by atoms with Gasteiger partial charge < -0.3 is 14.8 Å². The largest absolute Gasteiger partial charge is 0.497 e. The summed E-state index contributed by atoms with van der Waals surface area (Å²) >= 11 is 0. The molecular formula is C21H25NO3. The predicted molar refractivity (Wildman–Crippen MR) is 102 cm³/mol. The van der Waals surface area contributed by atoms with Gasteiger partial charge in [-0.3, -0.25) is 4.79 Å². The number of hydrogen-bond donors (Lipinski definition) is 1. The highest BCUT2D eigenvalue weighted by molar-refractivity contribution is 6.02. The van der Waals surface area contributed by atoms with Gasteiger partial charge in [-0.25, -0.2) is 0 Å². The first-order chi connectivity index (χ1) is 12.2. The zero-order valence-electron chi connectivity index (χ0n) is 15.0. The Morgan fingerprint density at radius 1 is 1.08 bits per heavy atom. The van der Waals surface area contributed by atoms with E-state index in [1.165, 1.54) is 24.5 Å². The monoisotopic (exact) mass is 339 g/mol. The number of hydrogen-bond acceptors (Lipinski definition) is 3. The number of unbranched alkanes of at least 4 members (excludes halogenated alkanes) is 1. The number of carbonyl (C=O) groups is 1. The SMILES string of the molecule is CCCCc1ccc(NC(=O)/C=C/c2cc(OC)ccc2OC)cc1. The molecule has 2 aromatic carbocycles. The minimum atomic E-state index is -0.189. The third kappa shape index (κ3) is 5.68. The molecule has 0 saturated carbocycles. The van der Waals surface area contributed by atoms with Crippen molar-refractivity contribution in [2.24, 2.45) is 0 Å². The second-order valence-electron chi connectivity index (χ2n) is 5.73. The molecule has 0 fully saturated rings. The summed E-state index contributed by atoms with van der Waals surface area (Å²) in [4.78, 5) is 12.1. The van der Waals surface area contributed by atoms with Crippen LogP contribution in [0.25, 0.3) is 6.08 Å². The first kappa shape index (κ1) is 18.6. The van der Waals surface area contributed by atoms with Crippen molar-refractivity contribution >= 4 is 17.7 Å². The Labute approximate surface area is 149 Å². The van der Waals surface area contributed by atoms with Gasteiger partial charge in [0.15, 0.2) is 0 Å². The number of rotatable bonds is 8. The van der Waals surface area contributed by atoms with Gasteiger partial charge in [0.2, 0.25) is 5.91 Å². The molecule has 25 heavy (non-hydrogen) atoms. The van der Waals surface area contributed by atoms with E-state index in [0.717, 1.165) is 17.7 Å². The van der Waals surface area contributed by atoms with E-state index in [2.05, 4.69) is 24.4 Å². The Bertz CT molecular complexity index is 720. The van der Waals surface area contributed by atoms with Crippen molar-refractivity contribution in [3.8, 4) is 11.5 Å². The van der Waals surface area contributed by atoms with Gasteiger partial charge in [0.05, 0.1) is 14.2 Å². The smallest absolute Gasteiger partial charge is 0.248 e.